The van der Waals surface area contributed by atoms with Crippen LogP contribution in [0.4, 0.5) is 0 Å². The average molecular weight is 226 g/mol. The lowest BCUT2D eigenvalue weighted by atomic mass is 10.1. The molecule has 0 aliphatic heterocycles. The molecular weight excluding hydrogens is 210 g/mol. The van der Waals surface area contributed by atoms with Crippen LogP contribution in [0.2, 0.25) is 0 Å². The molecule has 0 aromatic heterocycles. The van der Waals surface area contributed by atoms with Crippen molar-refractivity contribution in [3.05, 3.63) is 29.8 Å². The van der Waals surface area contributed by atoms with E-state index >= 15 is 0 Å². The molecule has 0 heterocycles. The molecule has 1 aromatic rings. The third kappa shape index (κ3) is 3.04. The van der Waals surface area contributed by atoms with Crippen molar-refractivity contribution < 1.29 is 8.42 Å². The maximum absolute atomic E-state index is 11.7. The summed E-state index contributed by atoms with van der Waals surface area (Å²) in [6.07, 6.45) is 0.624. The number of rotatable bonds is 4. The Kier molecular flexibility index (Phi) is 3.88. The molecule has 83 valence electrons. The SMILES string of the molecule is CCCS(=O)(=O)c1ccc([C@H](C)[NH])cc1. The first kappa shape index (κ1) is 12.2. The molecule has 1 rings (SSSR count). The first-order valence-corrected chi connectivity index (χ1v) is 6.66. The number of hydrogen-bond acceptors (Lipinski definition) is 2. The molecule has 4 heteroatoms. The topological polar surface area (TPSA) is 57.9 Å². The van der Waals surface area contributed by atoms with Crippen LogP contribution in [0.1, 0.15) is 31.9 Å². The van der Waals surface area contributed by atoms with Gasteiger partial charge in [-0.3, -0.25) is 5.73 Å². The minimum absolute atomic E-state index is 0.183. The second-order valence-electron chi connectivity index (χ2n) is 3.61. The van der Waals surface area contributed by atoms with Crippen LogP contribution >= 0.6 is 0 Å². The fraction of sp³-hybridized carbons (Fsp3) is 0.455. The zero-order chi connectivity index (χ0) is 11.5. The van der Waals surface area contributed by atoms with Crippen molar-refractivity contribution in [2.24, 2.45) is 0 Å². The summed E-state index contributed by atoms with van der Waals surface area (Å²) >= 11 is 0. The fourth-order valence-electron chi connectivity index (χ4n) is 1.35. The highest BCUT2D eigenvalue weighted by Gasteiger charge is 2.12. The van der Waals surface area contributed by atoms with Gasteiger partial charge in [-0.15, -0.1) is 0 Å². The number of hydrogen-bond donors (Lipinski definition) is 0. The summed E-state index contributed by atoms with van der Waals surface area (Å²) in [7, 11) is -3.11. The van der Waals surface area contributed by atoms with Crippen LogP contribution in [-0.2, 0) is 9.84 Å². The molecule has 1 aromatic carbocycles. The molecule has 0 fully saturated rings. The number of sulfone groups is 1. The summed E-state index contributed by atoms with van der Waals surface area (Å²) < 4.78 is 23.3. The van der Waals surface area contributed by atoms with Crippen LogP contribution in [0, 0.1) is 0 Å². The average Bonchev–Trinajstić information content (AvgIpc) is 2.18. The molecule has 1 N–H and O–H groups in total. The van der Waals surface area contributed by atoms with Crippen LogP contribution < -0.4 is 5.73 Å². The van der Waals surface area contributed by atoms with E-state index in [1.807, 2.05) is 6.92 Å². The largest absolute Gasteiger partial charge is 0.250 e. The second-order valence-corrected chi connectivity index (χ2v) is 5.72. The van der Waals surface area contributed by atoms with Crippen LogP contribution in [-0.4, -0.2) is 14.2 Å². The van der Waals surface area contributed by atoms with Gasteiger partial charge in [0.15, 0.2) is 9.84 Å². The smallest absolute Gasteiger partial charge is 0.178 e. The van der Waals surface area contributed by atoms with Crippen molar-refractivity contribution in [3.63, 3.8) is 0 Å². The number of benzene rings is 1. The fourth-order valence-corrected chi connectivity index (χ4v) is 2.67. The third-order valence-electron chi connectivity index (χ3n) is 2.21. The van der Waals surface area contributed by atoms with Crippen LogP contribution in [0.15, 0.2) is 29.2 Å². The van der Waals surface area contributed by atoms with Gasteiger partial charge in [0.2, 0.25) is 0 Å². The van der Waals surface area contributed by atoms with E-state index in [4.69, 9.17) is 5.73 Å². The second kappa shape index (κ2) is 4.77. The normalized spacial score (nSPS) is 13.8. The van der Waals surface area contributed by atoms with Crippen molar-refractivity contribution in [1.29, 1.82) is 0 Å². The van der Waals surface area contributed by atoms with Gasteiger partial charge in [0.1, 0.15) is 0 Å². The summed E-state index contributed by atoms with van der Waals surface area (Å²) in [5.74, 6) is 0.183. The van der Waals surface area contributed by atoms with Gasteiger partial charge < -0.3 is 0 Å². The zero-order valence-electron chi connectivity index (χ0n) is 9.03. The summed E-state index contributed by atoms with van der Waals surface area (Å²) in [6, 6.07) is 6.28. The maximum Gasteiger partial charge on any atom is 0.178 e. The Hall–Kier alpha value is -0.870. The molecule has 0 saturated carbocycles. The van der Waals surface area contributed by atoms with E-state index < -0.39 is 9.84 Å². The predicted molar refractivity (Wildman–Crippen MR) is 60.3 cm³/mol. The summed E-state index contributed by atoms with van der Waals surface area (Å²) in [6.45, 7) is 3.60. The molecule has 15 heavy (non-hydrogen) atoms. The van der Waals surface area contributed by atoms with Crippen LogP contribution in [0.3, 0.4) is 0 Å². The molecule has 0 bridgehead atoms. The Morgan fingerprint density at radius 1 is 1.27 bits per heavy atom. The molecule has 3 nitrogen and oxygen atoms in total. The Balaban J connectivity index is 2.99. The minimum atomic E-state index is -3.11. The molecule has 0 saturated heterocycles. The monoisotopic (exact) mass is 226 g/mol. The molecule has 0 aliphatic carbocycles. The van der Waals surface area contributed by atoms with E-state index in [9.17, 15) is 8.42 Å². The van der Waals surface area contributed by atoms with Crippen molar-refractivity contribution >= 4 is 9.84 Å². The van der Waals surface area contributed by atoms with Gasteiger partial charge in [0, 0.05) is 6.04 Å². The van der Waals surface area contributed by atoms with Gasteiger partial charge in [-0.25, -0.2) is 8.42 Å². The predicted octanol–water partition coefficient (Wildman–Crippen LogP) is 2.21. The van der Waals surface area contributed by atoms with Gasteiger partial charge >= 0.3 is 0 Å². The molecule has 0 aliphatic rings. The first-order valence-electron chi connectivity index (χ1n) is 5.01. The van der Waals surface area contributed by atoms with Crippen molar-refractivity contribution in [2.45, 2.75) is 31.2 Å². The first-order chi connectivity index (χ1) is 6.97. The third-order valence-corrected chi connectivity index (χ3v) is 4.15. The van der Waals surface area contributed by atoms with Crippen molar-refractivity contribution in [2.75, 3.05) is 5.75 Å². The van der Waals surface area contributed by atoms with E-state index in [0.29, 0.717) is 11.3 Å². The molecule has 0 amide bonds. The van der Waals surface area contributed by atoms with Crippen molar-refractivity contribution in [1.82, 2.24) is 5.73 Å². The summed E-state index contributed by atoms with van der Waals surface area (Å²) in [5.41, 5.74) is 8.32. The Morgan fingerprint density at radius 2 is 1.80 bits per heavy atom. The van der Waals surface area contributed by atoms with Gasteiger partial charge in [0.25, 0.3) is 0 Å². The minimum Gasteiger partial charge on any atom is -0.250 e. The Morgan fingerprint density at radius 3 is 2.20 bits per heavy atom. The number of nitrogens with one attached hydrogen (secondary N) is 1. The van der Waals surface area contributed by atoms with E-state index in [1.165, 1.54) is 0 Å². The lowest BCUT2D eigenvalue weighted by Gasteiger charge is -2.06. The highest BCUT2D eigenvalue weighted by atomic mass is 32.2. The van der Waals surface area contributed by atoms with Crippen LogP contribution in [0.25, 0.3) is 0 Å². The maximum atomic E-state index is 11.7. The molecule has 1 radical (unpaired) electrons. The molecule has 1 atom stereocenters. The van der Waals surface area contributed by atoms with Gasteiger partial charge in [-0.05, 0) is 31.0 Å². The Labute approximate surface area is 91.2 Å². The Bertz CT molecular complexity index is 407. The molecular formula is C11H16NO2S. The summed E-state index contributed by atoms with van der Waals surface area (Å²) in [5, 5.41) is 0. The lowest BCUT2D eigenvalue weighted by Crippen LogP contribution is -2.06. The van der Waals surface area contributed by atoms with E-state index in [-0.39, 0.29) is 11.8 Å². The molecule has 0 unspecified atom stereocenters. The zero-order valence-corrected chi connectivity index (χ0v) is 9.84. The van der Waals surface area contributed by atoms with Crippen molar-refractivity contribution in [3.8, 4) is 0 Å². The molecule has 0 spiro atoms. The van der Waals surface area contributed by atoms with E-state index in [0.717, 1.165) is 5.56 Å². The van der Waals surface area contributed by atoms with Crippen LogP contribution in [0.5, 0.6) is 0 Å². The van der Waals surface area contributed by atoms with Gasteiger partial charge in [0.05, 0.1) is 10.6 Å². The van der Waals surface area contributed by atoms with E-state index in [2.05, 4.69) is 0 Å². The standard InChI is InChI=1S/C11H16NO2S/c1-3-8-15(13,14)11-6-4-10(5-7-11)9(2)12/h4-7,9,12H,3,8H2,1-2H3/t9-/m0/s1. The van der Waals surface area contributed by atoms with Gasteiger partial charge in [-0.1, -0.05) is 19.1 Å². The highest BCUT2D eigenvalue weighted by molar-refractivity contribution is 7.91. The van der Waals surface area contributed by atoms with E-state index in [1.54, 1.807) is 31.2 Å². The summed E-state index contributed by atoms with van der Waals surface area (Å²) in [4.78, 5) is 0.355. The highest BCUT2D eigenvalue weighted by Crippen LogP contribution is 2.16. The lowest BCUT2D eigenvalue weighted by molar-refractivity contribution is 0.594. The van der Waals surface area contributed by atoms with Gasteiger partial charge in [-0.2, -0.15) is 0 Å². The quantitative estimate of drug-likeness (QED) is 0.790.